The van der Waals surface area contributed by atoms with Crippen molar-refractivity contribution in [2.45, 2.75) is 32.6 Å². The van der Waals surface area contributed by atoms with Crippen LogP contribution in [0.5, 0.6) is 23.0 Å². The number of nitrogens with two attached hydrogens (primary N) is 1. The van der Waals surface area contributed by atoms with Crippen molar-refractivity contribution in [2.24, 2.45) is 5.73 Å². The van der Waals surface area contributed by atoms with Gasteiger partial charge < -0.3 is 24.7 Å². The van der Waals surface area contributed by atoms with Crippen LogP contribution in [-0.2, 0) is 0 Å². The molecule has 3 aromatic carbocycles. The highest BCUT2D eigenvalue weighted by atomic mass is 19.1. The van der Waals surface area contributed by atoms with Crippen LogP contribution in [0.1, 0.15) is 54.1 Å². The van der Waals surface area contributed by atoms with Gasteiger partial charge in [-0.1, -0.05) is 25.5 Å². The number of hydrogen-bond donors (Lipinski definition) is 1. The molecule has 8 heteroatoms. The lowest BCUT2D eigenvalue weighted by Gasteiger charge is -2.27. The van der Waals surface area contributed by atoms with Gasteiger partial charge in [-0.2, -0.15) is 5.26 Å². The first-order chi connectivity index (χ1) is 17.9. The molecule has 1 unspecified atom stereocenters. The molecule has 0 saturated carbocycles. The quantitative estimate of drug-likeness (QED) is 0.223. The van der Waals surface area contributed by atoms with E-state index in [1.54, 1.807) is 12.1 Å². The summed E-state index contributed by atoms with van der Waals surface area (Å²) in [7, 11) is 0. The molecule has 0 fully saturated rings. The molecule has 2 N–H and O–H groups in total. The largest absolute Gasteiger partial charge is 0.490 e. The average molecular weight is 503 g/mol. The Morgan fingerprint density at radius 2 is 1.84 bits per heavy atom. The van der Waals surface area contributed by atoms with Crippen LogP contribution in [0.3, 0.4) is 0 Å². The van der Waals surface area contributed by atoms with Crippen LogP contribution in [0.25, 0.3) is 0 Å². The lowest BCUT2D eigenvalue weighted by Crippen LogP contribution is -2.21. The minimum Gasteiger partial charge on any atom is -0.490 e. The van der Waals surface area contributed by atoms with E-state index in [0.29, 0.717) is 36.0 Å². The number of benzene rings is 3. The van der Waals surface area contributed by atoms with Crippen molar-refractivity contribution >= 4 is 5.97 Å². The molecule has 0 saturated heterocycles. The van der Waals surface area contributed by atoms with Crippen LogP contribution in [0.4, 0.5) is 4.39 Å². The number of nitrogens with zero attached hydrogens (tertiary/aromatic N) is 1. The molecule has 1 aliphatic heterocycles. The lowest BCUT2D eigenvalue weighted by molar-refractivity contribution is 0.0734. The number of hydrogen-bond acceptors (Lipinski definition) is 7. The molecule has 0 spiro atoms. The van der Waals surface area contributed by atoms with E-state index in [4.69, 9.17) is 24.7 Å². The van der Waals surface area contributed by atoms with E-state index in [1.807, 2.05) is 25.1 Å². The van der Waals surface area contributed by atoms with Crippen LogP contribution in [0.2, 0.25) is 0 Å². The van der Waals surface area contributed by atoms with Gasteiger partial charge in [0.15, 0.2) is 11.5 Å². The average Bonchev–Trinajstić information content (AvgIpc) is 2.89. The Kier molecular flexibility index (Phi) is 7.94. The van der Waals surface area contributed by atoms with Crippen molar-refractivity contribution in [1.29, 1.82) is 5.26 Å². The molecule has 4 rings (SSSR count). The first-order valence-electron chi connectivity index (χ1n) is 12.0. The van der Waals surface area contributed by atoms with Crippen LogP contribution in [-0.4, -0.2) is 19.2 Å². The molecule has 1 aliphatic rings. The van der Waals surface area contributed by atoms with E-state index in [0.717, 1.165) is 18.4 Å². The summed E-state index contributed by atoms with van der Waals surface area (Å²) in [5, 5.41) is 9.89. The molecule has 3 aromatic rings. The Hall–Kier alpha value is -4.51. The fraction of sp³-hybridized carbons (Fsp3) is 0.241. The molecule has 190 valence electrons. The van der Waals surface area contributed by atoms with Crippen molar-refractivity contribution in [2.75, 3.05) is 13.2 Å². The van der Waals surface area contributed by atoms with Crippen LogP contribution in [0, 0.1) is 17.1 Å². The Bertz CT molecular complexity index is 1360. The van der Waals surface area contributed by atoms with Crippen molar-refractivity contribution < 1.29 is 28.1 Å². The number of halogens is 1. The summed E-state index contributed by atoms with van der Waals surface area (Å²) in [5.41, 5.74) is 8.04. The number of rotatable bonds is 9. The summed E-state index contributed by atoms with van der Waals surface area (Å²) in [6.07, 6.45) is 1.93. The predicted molar refractivity (Wildman–Crippen MR) is 135 cm³/mol. The number of esters is 1. The van der Waals surface area contributed by atoms with Gasteiger partial charge in [0, 0.05) is 11.6 Å². The van der Waals surface area contributed by atoms with Crippen LogP contribution >= 0.6 is 0 Å². The second-order valence-electron chi connectivity index (χ2n) is 8.36. The normalized spacial score (nSPS) is 14.3. The molecule has 0 bridgehead atoms. The third-order valence-corrected chi connectivity index (χ3v) is 5.84. The van der Waals surface area contributed by atoms with Crippen molar-refractivity contribution in [3.05, 3.63) is 94.6 Å². The summed E-state index contributed by atoms with van der Waals surface area (Å²) in [5.74, 6) is 0.112. The highest BCUT2D eigenvalue weighted by Gasteiger charge is 2.32. The maximum atomic E-state index is 13.2. The Labute approximate surface area is 214 Å². The van der Waals surface area contributed by atoms with Gasteiger partial charge in [-0.15, -0.1) is 0 Å². The third kappa shape index (κ3) is 5.67. The van der Waals surface area contributed by atoms with Gasteiger partial charge in [0.2, 0.25) is 5.88 Å². The van der Waals surface area contributed by atoms with Gasteiger partial charge in [0.05, 0.1) is 24.7 Å². The molecule has 0 radical (unpaired) electrons. The molecule has 0 aromatic heterocycles. The van der Waals surface area contributed by atoms with E-state index in [2.05, 4.69) is 13.0 Å². The van der Waals surface area contributed by atoms with Crippen molar-refractivity contribution in [3.8, 4) is 29.1 Å². The zero-order valence-corrected chi connectivity index (χ0v) is 20.6. The van der Waals surface area contributed by atoms with Gasteiger partial charge >= 0.3 is 5.97 Å². The van der Waals surface area contributed by atoms with E-state index >= 15 is 0 Å². The Balaban J connectivity index is 1.67. The molecule has 0 amide bonds. The summed E-state index contributed by atoms with van der Waals surface area (Å²) in [6.45, 7) is 5.00. The standard InChI is InChI=1S/C29H27FN2O5/c1-3-5-14-35-24-13-8-19(15-26(24)34-4-2)27-22-12-11-21(16-25(22)37-28(32)23(27)17-31)36-29(33)18-6-9-20(30)10-7-18/h6-13,15-16,27H,3-5,14,32H2,1-2H3. The Morgan fingerprint density at radius 1 is 1.05 bits per heavy atom. The zero-order chi connectivity index (χ0) is 26.4. The van der Waals surface area contributed by atoms with Gasteiger partial charge in [-0.3, -0.25) is 0 Å². The number of carbonyl (C=O) groups is 1. The zero-order valence-electron chi connectivity index (χ0n) is 20.6. The predicted octanol–water partition coefficient (Wildman–Crippen LogP) is 5.84. The summed E-state index contributed by atoms with van der Waals surface area (Å²) >= 11 is 0. The Morgan fingerprint density at radius 3 is 2.54 bits per heavy atom. The number of ether oxygens (including phenoxy) is 4. The summed E-state index contributed by atoms with van der Waals surface area (Å²) in [6, 6.07) is 17.6. The first kappa shape index (κ1) is 25.6. The fourth-order valence-corrected chi connectivity index (χ4v) is 4.01. The lowest BCUT2D eigenvalue weighted by atomic mass is 9.83. The third-order valence-electron chi connectivity index (χ3n) is 5.84. The molecule has 37 heavy (non-hydrogen) atoms. The number of fused-ring (bicyclic) bond motifs is 1. The van der Waals surface area contributed by atoms with Gasteiger partial charge in [-0.25, -0.2) is 9.18 Å². The van der Waals surface area contributed by atoms with E-state index < -0.39 is 17.7 Å². The van der Waals surface area contributed by atoms with Crippen LogP contribution in [0.15, 0.2) is 72.1 Å². The number of carbonyl (C=O) groups excluding carboxylic acids is 1. The topological polar surface area (TPSA) is 104 Å². The second-order valence-corrected chi connectivity index (χ2v) is 8.36. The number of nitriles is 1. The number of allylic oxidation sites excluding steroid dienone is 1. The molecule has 0 aliphatic carbocycles. The van der Waals surface area contributed by atoms with E-state index in [-0.39, 0.29) is 22.8 Å². The van der Waals surface area contributed by atoms with Gasteiger partial charge in [0.1, 0.15) is 29.0 Å². The molecule has 1 heterocycles. The summed E-state index contributed by atoms with van der Waals surface area (Å²) < 4.78 is 36.1. The molecule has 7 nitrogen and oxygen atoms in total. The summed E-state index contributed by atoms with van der Waals surface area (Å²) in [4.78, 5) is 12.5. The molecular weight excluding hydrogens is 475 g/mol. The first-order valence-corrected chi connectivity index (χ1v) is 12.0. The van der Waals surface area contributed by atoms with Gasteiger partial charge in [0.25, 0.3) is 0 Å². The monoisotopic (exact) mass is 502 g/mol. The smallest absolute Gasteiger partial charge is 0.343 e. The maximum Gasteiger partial charge on any atom is 0.343 e. The SMILES string of the molecule is CCCCOc1ccc(C2C(C#N)=C(N)Oc3cc(OC(=O)c4ccc(F)cc4)ccc32)cc1OCC. The second kappa shape index (κ2) is 11.5. The van der Waals surface area contributed by atoms with E-state index in [1.165, 1.54) is 30.3 Å². The van der Waals surface area contributed by atoms with Crippen molar-refractivity contribution in [1.82, 2.24) is 0 Å². The highest BCUT2D eigenvalue weighted by molar-refractivity contribution is 5.91. The fourth-order valence-electron chi connectivity index (χ4n) is 4.01. The minimum atomic E-state index is -0.645. The van der Waals surface area contributed by atoms with Gasteiger partial charge in [-0.05, 0) is 61.4 Å². The van der Waals surface area contributed by atoms with Crippen molar-refractivity contribution in [3.63, 3.8) is 0 Å². The number of unbranched alkanes of at least 4 members (excludes halogenated alkanes) is 1. The minimum absolute atomic E-state index is 0.0387. The highest BCUT2D eigenvalue weighted by Crippen LogP contribution is 2.45. The molecule has 1 atom stereocenters. The molecular formula is C29H27FN2O5. The maximum absolute atomic E-state index is 13.2. The van der Waals surface area contributed by atoms with Crippen LogP contribution < -0.4 is 24.7 Å². The van der Waals surface area contributed by atoms with E-state index in [9.17, 15) is 14.4 Å².